The predicted octanol–water partition coefficient (Wildman–Crippen LogP) is 6.91. The van der Waals surface area contributed by atoms with Gasteiger partial charge in [0.2, 0.25) is 5.91 Å². The van der Waals surface area contributed by atoms with Crippen molar-refractivity contribution in [3.05, 3.63) is 45.9 Å². The molecule has 2 fully saturated rings. The number of hydrogen-bond donors (Lipinski definition) is 1. The Morgan fingerprint density at radius 1 is 1.13 bits per heavy atom. The standard InChI is InChI=1S/C31H39N3O4S/c1-21-5-7-23(8-6-21)29(35)34(27-19-26(13-16-31(2,3)4)39-28(27)30(36)37)25-11-9-24(10-12-25)33-38-20-22-14-17-32-18-15-22/h14-15,17-19,21,23,25H,5-12,20H2,1-4H3,(H,36,37). The number of hydrogen-bond acceptors (Lipinski definition) is 6. The van der Waals surface area contributed by atoms with E-state index in [2.05, 4.69) is 28.9 Å². The lowest BCUT2D eigenvalue weighted by Gasteiger charge is -2.38. The summed E-state index contributed by atoms with van der Waals surface area (Å²) in [7, 11) is 0. The molecule has 2 aromatic heterocycles. The van der Waals surface area contributed by atoms with Crippen LogP contribution in [-0.2, 0) is 16.2 Å². The zero-order valence-corrected chi connectivity index (χ0v) is 24.2. The predicted molar refractivity (Wildman–Crippen MR) is 155 cm³/mol. The number of nitrogens with zero attached hydrogens (tertiary/aromatic N) is 3. The van der Waals surface area contributed by atoms with Crippen molar-refractivity contribution in [1.82, 2.24) is 4.98 Å². The summed E-state index contributed by atoms with van der Waals surface area (Å²) in [5, 5.41) is 14.5. The van der Waals surface area contributed by atoms with E-state index in [-0.39, 0.29) is 28.2 Å². The average Bonchev–Trinajstić information content (AvgIpc) is 3.33. The average molecular weight is 550 g/mol. The second kappa shape index (κ2) is 12.8. The molecule has 1 N–H and O–H groups in total. The van der Waals surface area contributed by atoms with Crippen molar-refractivity contribution in [3.63, 3.8) is 0 Å². The fourth-order valence-electron chi connectivity index (χ4n) is 5.19. The topological polar surface area (TPSA) is 92.1 Å². The number of rotatable bonds is 7. The summed E-state index contributed by atoms with van der Waals surface area (Å²) in [6.07, 6.45) is 10.0. The minimum Gasteiger partial charge on any atom is -0.477 e. The number of pyridine rings is 1. The van der Waals surface area contributed by atoms with Crippen LogP contribution in [0.3, 0.4) is 0 Å². The number of carbonyl (C=O) groups is 2. The maximum atomic E-state index is 14.1. The highest BCUT2D eigenvalue weighted by molar-refractivity contribution is 7.15. The molecule has 0 bridgehead atoms. The smallest absolute Gasteiger partial charge is 0.348 e. The van der Waals surface area contributed by atoms with Crippen LogP contribution in [0.15, 0.2) is 35.7 Å². The SMILES string of the molecule is CC1CCC(C(=O)N(c2cc(C#CC(C)(C)C)sc2C(=O)O)C2CCC(=NOCc3ccncc3)CC2)CC1. The Labute approximate surface area is 235 Å². The Morgan fingerprint density at radius 2 is 1.79 bits per heavy atom. The van der Waals surface area contributed by atoms with E-state index in [0.29, 0.717) is 48.8 Å². The zero-order chi connectivity index (χ0) is 28.0. The summed E-state index contributed by atoms with van der Waals surface area (Å²) in [5.74, 6) is 5.94. The number of oxime groups is 1. The van der Waals surface area contributed by atoms with Crippen molar-refractivity contribution in [3.8, 4) is 11.8 Å². The monoisotopic (exact) mass is 549 g/mol. The molecule has 8 heteroatoms. The van der Waals surface area contributed by atoms with E-state index in [0.717, 1.165) is 48.3 Å². The van der Waals surface area contributed by atoms with Crippen molar-refractivity contribution >= 4 is 34.6 Å². The Morgan fingerprint density at radius 3 is 2.41 bits per heavy atom. The van der Waals surface area contributed by atoms with Gasteiger partial charge in [-0.25, -0.2) is 4.79 Å². The van der Waals surface area contributed by atoms with Crippen molar-refractivity contribution in [1.29, 1.82) is 0 Å². The van der Waals surface area contributed by atoms with Gasteiger partial charge < -0.3 is 14.8 Å². The van der Waals surface area contributed by atoms with Crippen LogP contribution in [0.2, 0.25) is 0 Å². The molecule has 2 aliphatic rings. The molecule has 0 saturated heterocycles. The molecule has 2 heterocycles. The molecule has 208 valence electrons. The molecule has 1 amide bonds. The van der Waals surface area contributed by atoms with Gasteiger partial charge in [0.05, 0.1) is 16.3 Å². The molecule has 0 atom stereocenters. The third-order valence-electron chi connectivity index (χ3n) is 7.40. The van der Waals surface area contributed by atoms with E-state index in [1.807, 2.05) is 43.9 Å². The van der Waals surface area contributed by atoms with Crippen molar-refractivity contribution in [2.45, 2.75) is 91.7 Å². The third-order valence-corrected chi connectivity index (χ3v) is 8.43. The largest absolute Gasteiger partial charge is 0.477 e. The normalized spacial score (nSPS) is 21.4. The number of aromatic carboxylic acids is 1. The van der Waals surface area contributed by atoms with Gasteiger partial charge in [-0.1, -0.05) is 23.9 Å². The van der Waals surface area contributed by atoms with Gasteiger partial charge in [0.25, 0.3) is 0 Å². The van der Waals surface area contributed by atoms with Gasteiger partial charge in [0, 0.05) is 29.8 Å². The van der Waals surface area contributed by atoms with Crippen LogP contribution in [0.25, 0.3) is 0 Å². The Balaban J connectivity index is 1.56. The lowest BCUT2D eigenvalue weighted by atomic mass is 9.81. The second-order valence-electron chi connectivity index (χ2n) is 11.8. The van der Waals surface area contributed by atoms with E-state index in [1.165, 1.54) is 0 Å². The molecule has 0 aliphatic heterocycles. The molecular formula is C31H39N3O4S. The minimum atomic E-state index is -1.02. The van der Waals surface area contributed by atoms with Crippen LogP contribution < -0.4 is 4.90 Å². The molecule has 2 aromatic rings. The molecule has 39 heavy (non-hydrogen) atoms. The summed E-state index contributed by atoms with van der Waals surface area (Å²) in [4.78, 5) is 38.7. The summed E-state index contributed by atoms with van der Waals surface area (Å²) in [6, 6.07) is 5.52. The summed E-state index contributed by atoms with van der Waals surface area (Å²) in [6.45, 7) is 8.69. The quantitative estimate of drug-likeness (QED) is 0.299. The minimum absolute atomic E-state index is 0.0526. The van der Waals surface area contributed by atoms with Gasteiger partial charge in [-0.2, -0.15) is 0 Å². The molecule has 0 unspecified atom stereocenters. The summed E-state index contributed by atoms with van der Waals surface area (Å²) in [5.41, 5.74) is 2.26. The van der Waals surface area contributed by atoms with Crippen LogP contribution in [0.1, 0.15) is 99.2 Å². The number of anilines is 1. The Bertz CT molecular complexity index is 1230. The maximum absolute atomic E-state index is 14.1. The molecular weight excluding hydrogens is 510 g/mol. The number of aromatic nitrogens is 1. The van der Waals surface area contributed by atoms with Crippen LogP contribution in [0.4, 0.5) is 5.69 Å². The molecule has 7 nitrogen and oxygen atoms in total. The summed E-state index contributed by atoms with van der Waals surface area (Å²) >= 11 is 1.16. The first kappa shape index (κ1) is 28.8. The third kappa shape index (κ3) is 7.92. The van der Waals surface area contributed by atoms with Gasteiger partial charge in [-0.05, 0) is 102 Å². The van der Waals surface area contributed by atoms with Crippen molar-refractivity contribution in [2.24, 2.45) is 22.4 Å². The second-order valence-corrected chi connectivity index (χ2v) is 12.9. The van der Waals surface area contributed by atoms with Gasteiger partial charge in [-0.15, -0.1) is 11.3 Å². The number of thiophene rings is 1. The van der Waals surface area contributed by atoms with Crippen molar-refractivity contribution in [2.75, 3.05) is 4.90 Å². The highest BCUT2D eigenvalue weighted by Crippen LogP contribution is 2.38. The van der Waals surface area contributed by atoms with E-state index in [4.69, 9.17) is 4.84 Å². The van der Waals surface area contributed by atoms with E-state index >= 15 is 0 Å². The van der Waals surface area contributed by atoms with E-state index < -0.39 is 5.97 Å². The van der Waals surface area contributed by atoms with E-state index in [9.17, 15) is 14.7 Å². The Hall–Kier alpha value is -3.18. The molecule has 2 aliphatic carbocycles. The van der Waals surface area contributed by atoms with Gasteiger partial charge in [0.15, 0.2) is 0 Å². The molecule has 0 radical (unpaired) electrons. The van der Waals surface area contributed by atoms with Gasteiger partial charge >= 0.3 is 5.97 Å². The maximum Gasteiger partial charge on any atom is 0.348 e. The van der Waals surface area contributed by atoms with Gasteiger partial charge in [0.1, 0.15) is 11.5 Å². The van der Waals surface area contributed by atoms with Crippen LogP contribution in [0, 0.1) is 29.1 Å². The first-order valence-corrected chi connectivity index (χ1v) is 14.7. The number of carboxylic acids is 1. The zero-order valence-electron chi connectivity index (χ0n) is 23.4. The fourth-order valence-corrected chi connectivity index (χ4v) is 6.03. The summed E-state index contributed by atoms with van der Waals surface area (Å²) < 4.78 is 0. The lowest BCUT2D eigenvalue weighted by molar-refractivity contribution is -0.124. The van der Waals surface area contributed by atoms with Crippen LogP contribution in [-0.4, -0.2) is 33.7 Å². The highest BCUT2D eigenvalue weighted by atomic mass is 32.1. The molecule has 2 saturated carbocycles. The fraction of sp³-hybridized carbons (Fsp3) is 0.548. The number of carbonyl (C=O) groups excluding carboxylic acids is 1. The number of carboxylic acid groups (broad SMARTS) is 1. The first-order valence-electron chi connectivity index (χ1n) is 13.9. The molecule has 0 aromatic carbocycles. The van der Waals surface area contributed by atoms with Crippen LogP contribution >= 0.6 is 11.3 Å². The first-order chi connectivity index (χ1) is 18.6. The molecule has 0 spiro atoms. The number of amides is 1. The Kier molecular flexibility index (Phi) is 9.45. The van der Waals surface area contributed by atoms with Crippen LogP contribution in [0.5, 0.6) is 0 Å². The lowest BCUT2D eigenvalue weighted by Crippen LogP contribution is -2.46. The molecule has 4 rings (SSSR count). The van der Waals surface area contributed by atoms with E-state index in [1.54, 1.807) is 12.4 Å². The highest BCUT2D eigenvalue weighted by Gasteiger charge is 2.37. The van der Waals surface area contributed by atoms with Crippen molar-refractivity contribution < 1.29 is 19.5 Å². The van der Waals surface area contributed by atoms with Gasteiger partial charge in [-0.3, -0.25) is 9.78 Å².